The molecule has 1 aromatic rings. The molecule has 1 saturated carbocycles. The Labute approximate surface area is 154 Å². The molecule has 2 N–H and O–H groups in total. The molecular formula is C19H27ClN4O. The average Bonchev–Trinajstić information content (AvgIpc) is 2.69. The molecule has 1 saturated heterocycles. The fourth-order valence-corrected chi connectivity index (χ4v) is 3.85. The summed E-state index contributed by atoms with van der Waals surface area (Å²) in [6.07, 6.45) is 6.73. The van der Waals surface area contributed by atoms with Crippen LogP contribution in [0.1, 0.15) is 42.5 Å². The third kappa shape index (κ3) is 4.73. The van der Waals surface area contributed by atoms with E-state index in [9.17, 15) is 4.79 Å². The molecule has 2 fully saturated rings. The van der Waals surface area contributed by atoms with E-state index in [2.05, 4.69) is 9.89 Å². The maximum absolute atomic E-state index is 12.7. The number of rotatable bonds is 4. The van der Waals surface area contributed by atoms with Crippen LogP contribution >= 0.6 is 11.6 Å². The van der Waals surface area contributed by atoms with Crippen molar-refractivity contribution in [2.24, 2.45) is 10.7 Å². The number of carbonyl (C=O) groups is 1. The van der Waals surface area contributed by atoms with Gasteiger partial charge in [0.25, 0.3) is 5.91 Å². The van der Waals surface area contributed by atoms with Gasteiger partial charge >= 0.3 is 0 Å². The van der Waals surface area contributed by atoms with Gasteiger partial charge in [-0.2, -0.15) is 0 Å². The van der Waals surface area contributed by atoms with Gasteiger partial charge < -0.3 is 10.6 Å². The van der Waals surface area contributed by atoms with E-state index in [1.165, 1.54) is 32.1 Å². The molecule has 0 bridgehead atoms. The van der Waals surface area contributed by atoms with Crippen LogP contribution < -0.4 is 5.73 Å². The van der Waals surface area contributed by atoms with Crippen molar-refractivity contribution in [2.45, 2.75) is 38.1 Å². The van der Waals surface area contributed by atoms with Crippen molar-refractivity contribution in [3.05, 3.63) is 29.8 Å². The SMILES string of the molecule is NC(CCl)=Nc1ccc(C(=O)N2CCN(C3CCCCC3)CC2)cc1. The number of carbonyl (C=O) groups excluding carboxylic acids is 1. The Hall–Kier alpha value is -1.59. The van der Waals surface area contributed by atoms with Crippen molar-refractivity contribution < 1.29 is 4.79 Å². The van der Waals surface area contributed by atoms with Gasteiger partial charge in [-0.25, -0.2) is 4.99 Å². The maximum atomic E-state index is 12.7. The third-order valence-electron chi connectivity index (χ3n) is 5.22. The summed E-state index contributed by atoms with van der Waals surface area (Å²) in [6, 6.07) is 7.98. The van der Waals surface area contributed by atoms with Gasteiger partial charge in [-0.05, 0) is 37.1 Å². The Kier molecular flexibility index (Phi) is 6.32. The zero-order valence-corrected chi connectivity index (χ0v) is 15.4. The average molecular weight is 363 g/mol. The molecule has 2 aliphatic rings. The zero-order chi connectivity index (χ0) is 17.6. The second-order valence-corrected chi connectivity index (χ2v) is 7.17. The Bertz CT molecular complexity index is 602. The third-order valence-corrected chi connectivity index (χ3v) is 5.49. The lowest BCUT2D eigenvalue weighted by Gasteiger charge is -2.40. The number of amidine groups is 1. The topological polar surface area (TPSA) is 61.9 Å². The second kappa shape index (κ2) is 8.68. The Morgan fingerprint density at radius 3 is 2.32 bits per heavy atom. The van der Waals surface area contributed by atoms with Crippen molar-refractivity contribution in [2.75, 3.05) is 32.1 Å². The lowest BCUT2D eigenvalue weighted by Crippen LogP contribution is -2.52. The van der Waals surface area contributed by atoms with Gasteiger partial charge in [0.15, 0.2) is 0 Å². The van der Waals surface area contributed by atoms with Crippen LogP contribution in [0.3, 0.4) is 0 Å². The van der Waals surface area contributed by atoms with Gasteiger partial charge in [-0.3, -0.25) is 9.69 Å². The predicted octanol–water partition coefficient (Wildman–Crippen LogP) is 3.00. The van der Waals surface area contributed by atoms with E-state index in [4.69, 9.17) is 17.3 Å². The number of benzene rings is 1. The van der Waals surface area contributed by atoms with Gasteiger partial charge in [0.2, 0.25) is 0 Å². The second-order valence-electron chi connectivity index (χ2n) is 6.90. The summed E-state index contributed by atoms with van der Waals surface area (Å²) in [5, 5.41) is 0. The van der Waals surface area contributed by atoms with E-state index in [-0.39, 0.29) is 11.8 Å². The first-order valence-corrected chi connectivity index (χ1v) is 9.73. The molecule has 0 atom stereocenters. The molecule has 0 aromatic heterocycles. The Morgan fingerprint density at radius 2 is 1.72 bits per heavy atom. The summed E-state index contributed by atoms with van der Waals surface area (Å²) >= 11 is 5.63. The molecule has 1 aliphatic carbocycles. The summed E-state index contributed by atoms with van der Waals surface area (Å²) in [4.78, 5) is 21.4. The van der Waals surface area contributed by atoms with Gasteiger partial charge in [0, 0.05) is 37.8 Å². The minimum atomic E-state index is 0.101. The molecule has 0 radical (unpaired) electrons. The quantitative estimate of drug-likeness (QED) is 0.508. The number of aliphatic imine (C=N–C) groups is 1. The number of nitrogens with two attached hydrogens (primary N) is 1. The Morgan fingerprint density at radius 1 is 1.08 bits per heavy atom. The maximum Gasteiger partial charge on any atom is 0.253 e. The molecule has 6 heteroatoms. The molecule has 1 aliphatic heterocycles. The number of amides is 1. The van der Waals surface area contributed by atoms with Crippen LogP contribution in [0.15, 0.2) is 29.3 Å². The van der Waals surface area contributed by atoms with E-state index in [0.29, 0.717) is 11.4 Å². The highest BCUT2D eigenvalue weighted by molar-refractivity contribution is 6.28. The molecule has 136 valence electrons. The van der Waals surface area contributed by atoms with Crippen molar-refractivity contribution in [3.63, 3.8) is 0 Å². The highest BCUT2D eigenvalue weighted by Crippen LogP contribution is 2.24. The normalized spacial score (nSPS) is 20.7. The van der Waals surface area contributed by atoms with E-state index >= 15 is 0 Å². The van der Waals surface area contributed by atoms with Gasteiger partial charge in [0.05, 0.1) is 11.6 Å². The molecule has 3 rings (SSSR count). The number of hydrogen-bond donors (Lipinski definition) is 1. The first-order chi connectivity index (χ1) is 12.2. The number of alkyl halides is 1. The largest absolute Gasteiger partial charge is 0.386 e. The number of nitrogens with zero attached hydrogens (tertiary/aromatic N) is 3. The van der Waals surface area contributed by atoms with Crippen LogP contribution in [0.5, 0.6) is 0 Å². The van der Waals surface area contributed by atoms with E-state index in [1.807, 2.05) is 29.2 Å². The smallest absolute Gasteiger partial charge is 0.253 e. The summed E-state index contributed by atoms with van der Waals surface area (Å²) < 4.78 is 0. The zero-order valence-electron chi connectivity index (χ0n) is 14.7. The molecule has 1 amide bonds. The minimum Gasteiger partial charge on any atom is -0.386 e. The van der Waals surface area contributed by atoms with Crippen molar-refractivity contribution in [1.29, 1.82) is 0 Å². The van der Waals surface area contributed by atoms with Crippen molar-refractivity contribution in [1.82, 2.24) is 9.80 Å². The standard InChI is InChI=1S/C19H27ClN4O/c20-14-18(21)22-16-8-6-15(7-9-16)19(25)24-12-10-23(11-13-24)17-4-2-1-3-5-17/h6-9,17H,1-5,10-14H2,(H2,21,22). The first kappa shape index (κ1) is 18.2. The lowest BCUT2D eigenvalue weighted by atomic mass is 9.94. The fourth-order valence-electron chi connectivity index (χ4n) is 3.79. The molecule has 1 aromatic carbocycles. The summed E-state index contributed by atoms with van der Waals surface area (Å²) in [5.41, 5.74) is 7.05. The minimum absolute atomic E-state index is 0.101. The molecule has 1 heterocycles. The predicted molar refractivity (Wildman–Crippen MR) is 103 cm³/mol. The van der Waals surface area contributed by atoms with Gasteiger partial charge in [0.1, 0.15) is 5.84 Å². The summed E-state index contributed by atoms with van der Waals surface area (Å²) in [7, 11) is 0. The van der Waals surface area contributed by atoms with Crippen LogP contribution in [-0.4, -0.2) is 59.6 Å². The molecule has 5 nitrogen and oxygen atoms in total. The van der Waals surface area contributed by atoms with Crippen molar-refractivity contribution >= 4 is 29.0 Å². The van der Waals surface area contributed by atoms with E-state index in [1.54, 1.807) is 0 Å². The Balaban J connectivity index is 1.55. The molecule has 0 unspecified atom stereocenters. The molecule has 0 spiro atoms. The lowest BCUT2D eigenvalue weighted by molar-refractivity contribution is 0.0523. The van der Waals surface area contributed by atoms with Crippen LogP contribution in [0, 0.1) is 0 Å². The van der Waals surface area contributed by atoms with Crippen LogP contribution in [0.2, 0.25) is 0 Å². The highest BCUT2D eigenvalue weighted by atomic mass is 35.5. The van der Waals surface area contributed by atoms with Gasteiger partial charge in [-0.1, -0.05) is 19.3 Å². The molecular weight excluding hydrogens is 336 g/mol. The highest BCUT2D eigenvalue weighted by Gasteiger charge is 2.27. The van der Waals surface area contributed by atoms with Crippen LogP contribution in [-0.2, 0) is 0 Å². The number of piperazine rings is 1. The molecule has 25 heavy (non-hydrogen) atoms. The number of halogens is 1. The van der Waals surface area contributed by atoms with Crippen LogP contribution in [0.25, 0.3) is 0 Å². The summed E-state index contributed by atoms with van der Waals surface area (Å²) in [5.74, 6) is 0.676. The fraction of sp³-hybridized carbons (Fsp3) is 0.579. The monoisotopic (exact) mass is 362 g/mol. The van der Waals surface area contributed by atoms with Crippen molar-refractivity contribution in [3.8, 4) is 0 Å². The van der Waals surface area contributed by atoms with Crippen LogP contribution in [0.4, 0.5) is 5.69 Å². The first-order valence-electron chi connectivity index (χ1n) is 9.20. The van der Waals surface area contributed by atoms with E-state index < -0.39 is 0 Å². The number of hydrogen-bond acceptors (Lipinski definition) is 3. The summed E-state index contributed by atoms with van der Waals surface area (Å²) in [6.45, 7) is 3.61. The van der Waals surface area contributed by atoms with E-state index in [0.717, 1.165) is 37.9 Å². The van der Waals surface area contributed by atoms with Gasteiger partial charge in [-0.15, -0.1) is 11.6 Å².